The van der Waals surface area contributed by atoms with E-state index in [0.717, 1.165) is 64.4 Å². The van der Waals surface area contributed by atoms with Crippen molar-refractivity contribution < 1.29 is 14.6 Å². The molecule has 0 spiro atoms. The number of halogens is 1. The number of benzene rings is 1. The molecular weight excluding hydrogens is 521 g/mol. The van der Waals surface area contributed by atoms with Gasteiger partial charge in [-0.25, -0.2) is 0 Å². The van der Waals surface area contributed by atoms with Crippen LogP contribution >= 0.6 is 24.0 Å². The van der Waals surface area contributed by atoms with Crippen molar-refractivity contribution in [2.75, 3.05) is 46.5 Å². The van der Waals surface area contributed by atoms with Gasteiger partial charge in [0.2, 0.25) is 5.91 Å². The molecule has 2 saturated heterocycles. The molecule has 0 radical (unpaired) electrons. The van der Waals surface area contributed by atoms with E-state index in [2.05, 4.69) is 44.8 Å². The fourth-order valence-electron chi connectivity index (χ4n) is 4.52. The van der Waals surface area contributed by atoms with Gasteiger partial charge in [-0.1, -0.05) is 24.3 Å². The maximum Gasteiger partial charge on any atom is 0.221 e. The van der Waals surface area contributed by atoms with Crippen LogP contribution in [0.5, 0.6) is 0 Å². The number of rotatable bonds is 9. The third-order valence-electron chi connectivity index (χ3n) is 6.45. The Morgan fingerprint density at radius 1 is 1.38 bits per heavy atom. The number of nitrogens with one attached hydrogen (secondary N) is 2. The summed E-state index contributed by atoms with van der Waals surface area (Å²) in [6, 6.07) is 8.50. The standard InChI is InChI=1S/C23H37N5O3.HI/c1-25-22(27-16-23(7-10-29)8-11-31-17-23)26-13-18-4-2-5-19(12-18)14-28-9-3-6-20(15-28)21(24)30;/h2,4-5,12,20,29H,3,6-11,13-17H2,1H3,(H2,24,30)(H2,25,26,27);1H. The average Bonchev–Trinajstić information content (AvgIpc) is 3.23. The zero-order chi connectivity index (χ0) is 22.1. The first-order chi connectivity index (χ1) is 15.0. The normalized spacial score (nSPS) is 24.1. The molecule has 2 aliphatic rings. The highest BCUT2D eigenvalue weighted by molar-refractivity contribution is 14.0. The van der Waals surface area contributed by atoms with Crippen molar-refractivity contribution in [1.82, 2.24) is 15.5 Å². The smallest absolute Gasteiger partial charge is 0.221 e. The van der Waals surface area contributed by atoms with Crippen LogP contribution in [0.25, 0.3) is 0 Å². The summed E-state index contributed by atoms with van der Waals surface area (Å²) in [6.07, 6.45) is 3.59. The molecule has 0 aromatic heterocycles. The molecular formula is C23H38IN5O3. The lowest BCUT2D eigenvalue weighted by Gasteiger charge is -2.31. The van der Waals surface area contributed by atoms with Gasteiger partial charge in [-0.3, -0.25) is 14.7 Å². The number of aliphatic hydroxyl groups excluding tert-OH is 1. The predicted molar refractivity (Wildman–Crippen MR) is 137 cm³/mol. The van der Waals surface area contributed by atoms with E-state index in [1.54, 1.807) is 7.05 Å². The number of carbonyl (C=O) groups excluding carboxylic acids is 1. The minimum Gasteiger partial charge on any atom is -0.396 e. The number of likely N-dealkylation sites (tertiary alicyclic amines) is 1. The second-order valence-electron chi connectivity index (χ2n) is 8.85. The molecule has 0 bridgehead atoms. The summed E-state index contributed by atoms with van der Waals surface area (Å²) in [5.41, 5.74) is 7.90. The predicted octanol–water partition coefficient (Wildman–Crippen LogP) is 1.46. The minimum atomic E-state index is -0.188. The third kappa shape index (κ3) is 7.86. The molecule has 32 heavy (non-hydrogen) atoms. The van der Waals surface area contributed by atoms with Crippen molar-refractivity contribution in [3.8, 4) is 0 Å². The largest absolute Gasteiger partial charge is 0.396 e. The number of ether oxygens (including phenoxy) is 1. The Hall–Kier alpha value is -1.43. The Kier molecular flexibility index (Phi) is 11.2. The lowest BCUT2D eigenvalue weighted by atomic mass is 9.84. The molecule has 0 aliphatic carbocycles. The summed E-state index contributed by atoms with van der Waals surface area (Å²) >= 11 is 0. The van der Waals surface area contributed by atoms with Crippen LogP contribution in [0.4, 0.5) is 0 Å². The lowest BCUT2D eigenvalue weighted by molar-refractivity contribution is -0.123. The molecule has 8 nitrogen and oxygen atoms in total. The van der Waals surface area contributed by atoms with E-state index in [-0.39, 0.29) is 47.8 Å². The molecule has 1 aromatic rings. The Labute approximate surface area is 208 Å². The molecule has 5 N–H and O–H groups in total. The number of primary amides is 1. The number of nitrogens with zero attached hydrogens (tertiary/aromatic N) is 2. The fourth-order valence-corrected chi connectivity index (χ4v) is 4.52. The summed E-state index contributed by atoms with van der Waals surface area (Å²) in [4.78, 5) is 18.2. The number of hydrogen-bond donors (Lipinski definition) is 4. The Balaban J connectivity index is 0.00000363. The number of piperidine rings is 1. The van der Waals surface area contributed by atoms with Crippen molar-refractivity contribution in [1.29, 1.82) is 0 Å². The molecule has 2 aliphatic heterocycles. The van der Waals surface area contributed by atoms with Gasteiger partial charge in [0, 0.05) is 51.9 Å². The molecule has 3 rings (SSSR count). The zero-order valence-corrected chi connectivity index (χ0v) is 21.3. The number of carbonyl (C=O) groups is 1. The van der Waals surface area contributed by atoms with E-state index in [0.29, 0.717) is 13.2 Å². The zero-order valence-electron chi connectivity index (χ0n) is 19.0. The lowest BCUT2D eigenvalue weighted by Crippen LogP contribution is -2.44. The summed E-state index contributed by atoms with van der Waals surface area (Å²) in [7, 11) is 1.77. The Morgan fingerprint density at radius 2 is 2.19 bits per heavy atom. The number of aliphatic hydroxyl groups is 1. The first-order valence-corrected chi connectivity index (χ1v) is 11.3. The Bertz CT molecular complexity index is 755. The van der Waals surface area contributed by atoms with Crippen LogP contribution in [0.3, 0.4) is 0 Å². The van der Waals surface area contributed by atoms with Crippen molar-refractivity contribution in [2.24, 2.45) is 22.1 Å². The van der Waals surface area contributed by atoms with Gasteiger partial charge < -0.3 is 26.2 Å². The second kappa shape index (κ2) is 13.3. The molecule has 1 aromatic carbocycles. The third-order valence-corrected chi connectivity index (χ3v) is 6.45. The van der Waals surface area contributed by atoms with Gasteiger partial charge in [-0.05, 0) is 43.4 Å². The van der Waals surface area contributed by atoms with E-state index < -0.39 is 0 Å². The second-order valence-corrected chi connectivity index (χ2v) is 8.85. The van der Waals surface area contributed by atoms with Gasteiger partial charge in [0.15, 0.2) is 5.96 Å². The highest BCUT2D eigenvalue weighted by Gasteiger charge is 2.34. The van der Waals surface area contributed by atoms with E-state index in [9.17, 15) is 9.90 Å². The van der Waals surface area contributed by atoms with E-state index in [4.69, 9.17) is 10.5 Å². The van der Waals surface area contributed by atoms with E-state index in [1.807, 2.05) is 0 Å². The maximum atomic E-state index is 11.5. The van der Waals surface area contributed by atoms with E-state index in [1.165, 1.54) is 11.1 Å². The van der Waals surface area contributed by atoms with Crippen LogP contribution in [0.15, 0.2) is 29.3 Å². The number of nitrogens with two attached hydrogens (primary N) is 1. The first kappa shape index (κ1) is 26.8. The molecule has 2 atom stereocenters. The van der Waals surface area contributed by atoms with Crippen molar-refractivity contribution in [3.63, 3.8) is 0 Å². The highest BCUT2D eigenvalue weighted by Crippen LogP contribution is 2.31. The SMILES string of the molecule is CN=C(NCc1cccc(CN2CCCC(C(N)=O)C2)c1)NCC1(CCO)CCOC1.I. The average molecular weight is 559 g/mol. The van der Waals surface area contributed by atoms with Crippen LogP contribution in [-0.2, 0) is 22.6 Å². The molecule has 2 fully saturated rings. The molecule has 2 heterocycles. The quantitative estimate of drug-likeness (QED) is 0.207. The molecule has 9 heteroatoms. The number of hydrogen-bond acceptors (Lipinski definition) is 5. The van der Waals surface area contributed by atoms with Crippen molar-refractivity contribution in [2.45, 2.75) is 38.8 Å². The molecule has 180 valence electrons. The summed E-state index contributed by atoms with van der Waals surface area (Å²) in [5.74, 6) is 0.522. The van der Waals surface area contributed by atoms with Crippen molar-refractivity contribution in [3.05, 3.63) is 35.4 Å². The summed E-state index contributed by atoms with van der Waals surface area (Å²) < 4.78 is 5.56. The van der Waals surface area contributed by atoms with Gasteiger partial charge >= 0.3 is 0 Å². The van der Waals surface area contributed by atoms with Crippen LogP contribution in [-0.4, -0.2) is 68.4 Å². The fraction of sp³-hybridized carbons (Fsp3) is 0.652. The number of aliphatic imine (C=N–C) groups is 1. The monoisotopic (exact) mass is 559 g/mol. The highest BCUT2D eigenvalue weighted by atomic mass is 127. The van der Waals surface area contributed by atoms with E-state index >= 15 is 0 Å². The van der Waals surface area contributed by atoms with Crippen LogP contribution in [0.1, 0.15) is 36.8 Å². The van der Waals surface area contributed by atoms with Crippen LogP contribution < -0.4 is 16.4 Å². The minimum absolute atomic E-state index is 0. The van der Waals surface area contributed by atoms with Crippen molar-refractivity contribution >= 4 is 35.8 Å². The van der Waals surface area contributed by atoms with Gasteiger partial charge in [0.1, 0.15) is 0 Å². The van der Waals surface area contributed by atoms with Crippen LogP contribution in [0.2, 0.25) is 0 Å². The molecule has 2 unspecified atom stereocenters. The van der Waals surface area contributed by atoms with Gasteiger partial charge in [0.05, 0.1) is 12.5 Å². The van der Waals surface area contributed by atoms with Gasteiger partial charge in [-0.15, -0.1) is 24.0 Å². The summed E-state index contributed by atoms with van der Waals surface area (Å²) in [5, 5.41) is 16.2. The summed E-state index contributed by atoms with van der Waals surface area (Å²) in [6.45, 7) is 5.56. The maximum absolute atomic E-state index is 11.5. The Morgan fingerprint density at radius 3 is 2.88 bits per heavy atom. The number of amides is 1. The van der Waals surface area contributed by atoms with Gasteiger partial charge in [-0.2, -0.15) is 0 Å². The molecule has 0 saturated carbocycles. The first-order valence-electron chi connectivity index (χ1n) is 11.3. The number of guanidine groups is 1. The topological polar surface area (TPSA) is 112 Å². The van der Waals surface area contributed by atoms with Gasteiger partial charge in [0.25, 0.3) is 0 Å². The van der Waals surface area contributed by atoms with Crippen LogP contribution in [0, 0.1) is 11.3 Å². The molecule has 1 amide bonds.